The molecule has 0 aromatic carbocycles. The molecular weight excluding hydrogens is 168 g/mol. The highest BCUT2D eigenvalue weighted by atomic mass is 32.1. The van der Waals surface area contributed by atoms with Crippen LogP contribution >= 0.6 is 11.3 Å². The molecule has 1 rings (SSSR count). The van der Waals surface area contributed by atoms with E-state index in [0.29, 0.717) is 6.54 Å². The number of nitrogens with one attached hydrogen (secondary N) is 1. The highest BCUT2D eigenvalue weighted by Crippen LogP contribution is 2.12. The number of hydrogen-bond acceptors (Lipinski definition) is 3. The van der Waals surface area contributed by atoms with Gasteiger partial charge in [0.05, 0.1) is 11.6 Å². The van der Waals surface area contributed by atoms with Crippen LogP contribution in [0.4, 0.5) is 0 Å². The molecule has 12 heavy (non-hydrogen) atoms. The maximum absolute atomic E-state index is 5.10. The summed E-state index contributed by atoms with van der Waals surface area (Å²) >= 11 is 1.74. The van der Waals surface area contributed by atoms with Crippen molar-refractivity contribution in [2.24, 2.45) is 0 Å². The van der Waals surface area contributed by atoms with Gasteiger partial charge in [-0.3, -0.25) is 0 Å². The molecule has 0 saturated heterocycles. The Bertz CT molecular complexity index is 272. The van der Waals surface area contributed by atoms with Crippen LogP contribution in [0.15, 0.2) is 6.20 Å². The highest BCUT2D eigenvalue weighted by Gasteiger charge is 1.97. The van der Waals surface area contributed by atoms with Crippen LogP contribution in [0, 0.1) is 12.3 Å². The molecule has 0 aliphatic heterocycles. The number of rotatable bonds is 4. The van der Waals surface area contributed by atoms with Crippen molar-refractivity contribution in [1.29, 1.82) is 0 Å². The normalized spacial score (nSPS) is 9.67. The van der Waals surface area contributed by atoms with Crippen molar-refractivity contribution in [3.8, 4) is 12.3 Å². The molecule has 1 aromatic rings. The third kappa shape index (κ3) is 2.65. The number of hydrogen-bond donors (Lipinski definition) is 1. The molecule has 2 nitrogen and oxygen atoms in total. The predicted octanol–water partition coefficient (Wildman–Crippen LogP) is 1.43. The zero-order valence-corrected chi connectivity index (χ0v) is 7.95. The molecule has 0 saturated carbocycles. The van der Waals surface area contributed by atoms with Gasteiger partial charge >= 0.3 is 0 Å². The van der Waals surface area contributed by atoms with Crippen molar-refractivity contribution in [2.45, 2.75) is 19.9 Å². The summed E-state index contributed by atoms with van der Waals surface area (Å²) in [5.41, 5.74) is 0. The predicted molar refractivity (Wildman–Crippen MR) is 52.0 cm³/mol. The molecule has 0 fully saturated rings. The molecule has 0 radical (unpaired) electrons. The molecule has 0 unspecified atom stereocenters. The minimum absolute atomic E-state index is 0.624. The first-order valence-electron chi connectivity index (χ1n) is 3.94. The van der Waals surface area contributed by atoms with Crippen LogP contribution in [0.5, 0.6) is 0 Å². The van der Waals surface area contributed by atoms with E-state index >= 15 is 0 Å². The molecule has 0 atom stereocenters. The monoisotopic (exact) mass is 180 g/mol. The van der Waals surface area contributed by atoms with E-state index in [-0.39, 0.29) is 0 Å². The van der Waals surface area contributed by atoms with E-state index in [0.717, 1.165) is 13.0 Å². The van der Waals surface area contributed by atoms with Gasteiger partial charge in [-0.2, -0.15) is 0 Å². The number of thiazole rings is 1. The van der Waals surface area contributed by atoms with Crippen LogP contribution in [-0.2, 0) is 13.0 Å². The Labute approximate surface area is 77.0 Å². The lowest BCUT2D eigenvalue weighted by Gasteiger charge is -1.94. The molecular formula is C9H12N2S. The Hall–Kier alpha value is -0.850. The van der Waals surface area contributed by atoms with Crippen molar-refractivity contribution < 1.29 is 0 Å². The average Bonchev–Trinajstić information content (AvgIpc) is 2.53. The fourth-order valence-corrected chi connectivity index (χ4v) is 1.68. The molecule has 1 aromatic heterocycles. The van der Waals surface area contributed by atoms with Crippen LogP contribution in [0.2, 0.25) is 0 Å². The highest BCUT2D eigenvalue weighted by molar-refractivity contribution is 7.11. The minimum atomic E-state index is 0.624. The van der Waals surface area contributed by atoms with Gasteiger partial charge in [0.2, 0.25) is 0 Å². The summed E-state index contributed by atoms with van der Waals surface area (Å²) in [5, 5.41) is 4.31. The van der Waals surface area contributed by atoms with Gasteiger partial charge in [-0.05, 0) is 6.42 Å². The summed E-state index contributed by atoms with van der Waals surface area (Å²) in [5.74, 6) is 2.53. The topological polar surface area (TPSA) is 24.9 Å². The van der Waals surface area contributed by atoms with Gasteiger partial charge in [-0.15, -0.1) is 17.8 Å². The van der Waals surface area contributed by atoms with Crippen LogP contribution in [0.25, 0.3) is 0 Å². The third-order valence-corrected chi connectivity index (χ3v) is 2.57. The van der Waals surface area contributed by atoms with E-state index in [4.69, 9.17) is 6.42 Å². The van der Waals surface area contributed by atoms with E-state index < -0.39 is 0 Å². The number of aromatic nitrogens is 1. The summed E-state index contributed by atoms with van der Waals surface area (Å²) < 4.78 is 0. The van der Waals surface area contributed by atoms with Gasteiger partial charge in [0, 0.05) is 17.6 Å². The van der Waals surface area contributed by atoms with Crippen molar-refractivity contribution in [2.75, 3.05) is 6.54 Å². The number of nitrogens with zero attached hydrogens (tertiary/aromatic N) is 1. The van der Waals surface area contributed by atoms with Gasteiger partial charge in [-0.25, -0.2) is 4.98 Å². The van der Waals surface area contributed by atoms with Gasteiger partial charge in [0.1, 0.15) is 0 Å². The summed E-state index contributed by atoms with van der Waals surface area (Å²) in [6, 6.07) is 0. The van der Waals surface area contributed by atoms with E-state index in [1.54, 1.807) is 11.3 Å². The van der Waals surface area contributed by atoms with Crippen molar-refractivity contribution in [1.82, 2.24) is 10.3 Å². The Morgan fingerprint density at radius 2 is 2.58 bits per heavy atom. The van der Waals surface area contributed by atoms with Crippen LogP contribution in [0.3, 0.4) is 0 Å². The molecule has 64 valence electrons. The maximum Gasteiger partial charge on any atom is 0.0925 e. The van der Waals surface area contributed by atoms with Gasteiger partial charge in [-0.1, -0.05) is 12.8 Å². The second kappa shape index (κ2) is 4.91. The fraction of sp³-hybridized carbons (Fsp3) is 0.444. The Kier molecular flexibility index (Phi) is 3.78. The molecule has 1 N–H and O–H groups in total. The van der Waals surface area contributed by atoms with Gasteiger partial charge in [0.15, 0.2) is 0 Å². The zero-order valence-electron chi connectivity index (χ0n) is 7.13. The van der Waals surface area contributed by atoms with Crippen molar-refractivity contribution >= 4 is 11.3 Å². The first kappa shape index (κ1) is 9.24. The first-order chi connectivity index (χ1) is 5.86. The van der Waals surface area contributed by atoms with Crippen molar-refractivity contribution in [3.63, 3.8) is 0 Å². The summed E-state index contributed by atoms with van der Waals surface area (Å²) in [7, 11) is 0. The van der Waals surface area contributed by atoms with Crippen LogP contribution in [0.1, 0.15) is 16.8 Å². The molecule has 0 amide bonds. The molecule has 3 heteroatoms. The third-order valence-electron chi connectivity index (χ3n) is 1.43. The minimum Gasteiger partial charge on any atom is -0.301 e. The quantitative estimate of drug-likeness (QED) is 0.560. The molecule has 0 aliphatic rings. The number of aryl methyl sites for hydroxylation is 1. The summed E-state index contributed by atoms with van der Waals surface area (Å²) in [6.07, 6.45) is 8.02. The second-order valence-corrected chi connectivity index (χ2v) is 3.58. The molecule has 0 bridgehead atoms. The Morgan fingerprint density at radius 1 is 1.75 bits per heavy atom. The largest absolute Gasteiger partial charge is 0.301 e. The summed E-state index contributed by atoms with van der Waals surface area (Å²) in [6.45, 7) is 3.57. The fourth-order valence-electron chi connectivity index (χ4n) is 0.851. The van der Waals surface area contributed by atoms with E-state index in [1.165, 1.54) is 9.88 Å². The van der Waals surface area contributed by atoms with E-state index in [1.807, 2.05) is 6.20 Å². The molecule has 1 heterocycles. The Morgan fingerprint density at radius 3 is 3.17 bits per heavy atom. The van der Waals surface area contributed by atoms with E-state index in [2.05, 4.69) is 23.1 Å². The van der Waals surface area contributed by atoms with Gasteiger partial charge in [0.25, 0.3) is 0 Å². The SMILES string of the molecule is C#CCNCc1cnc(CC)s1. The van der Waals surface area contributed by atoms with Crippen LogP contribution < -0.4 is 5.32 Å². The summed E-state index contributed by atoms with van der Waals surface area (Å²) in [4.78, 5) is 5.49. The maximum atomic E-state index is 5.10. The standard InChI is InChI=1S/C9H12N2S/c1-3-5-10-6-8-7-11-9(4-2)12-8/h1,7,10H,4-6H2,2H3. The average molecular weight is 180 g/mol. The van der Waals surface area contributed by atoms with E-state index in [9.17, 15) is 0 Å². The second-order valence-electron chi connectivity index (χ2n) is 2.38. The molecule has 0 spiro atoms. The zero-order chi connectivity index (χ0) is 8.81. The number of terminal acetylenes is 1. The van der Waals surface area contributed by atoms with Crippen LogP contribution in [-0.4, -0.2) is 11.5 Å². The molecule has 0 aliphatic carbocycles. The Balaban J connectivity index is 2.37. The van der Waals surface area contributed by atoms with Gasteiger partial charge < -0.3 is 5.32 Å². The first-order valence-corrected chi connectivity index (χ1v) is 4.76. The van der Waals surface area contributed by atoms with Crippen molar-refractivity contribution in [3.05, 3.63) is 16.1 Å². The smallest absolute Gasteiger partial charge is 0.0925 e. The lowest BCUT2D eigenvalue weighted by atomic mass is 10.5. The lowest BCUT2D eigenvalue weighted by Crippen LogP contribution is -2.11. The lowest BCUT2D eigenvalue weighted by molar-refractivity contribution is 0.779.